The Morgan fingerprint density at radius 1 is 1.00 bits per heavy atom. The van der Waals surface area contributed by atoms with Crippen molar-refractivity contribution in [2.75, 3.05) is 13.2 Å². The van der Waals surface area contributed by atoms with Crippen LogP contribution in [0.1, 0.15) is 63.7 Å². The third kappa shape index (κ3) is 5.40. The first-order valence-electron chi connectivity index (χ1n) is 9.93. The number of hydrogen-bond acceptors (Lipinski definition) is 3. The molecule has 1 aliphatic heterocycles. The van der Waals surface area contributed by atoms with Crippen LogP contribution in [0.15, 0.2) is 24.3 Å². The van der Waals surface area contributed by atoms with Gasteiger partial charge in [-0.1, -0.05) is 51.2 Å². The minimum Gasteiger partial charge on any atom is -0.435 e. The van der Waals surface area contributed by atoms with Crippen LogP contribution in [-0.2, 0) is 9.47 Å². The molecule has 0 amide bonds. The molecule has 2 aliphatic rings. The number of hydrogen-bond donors (Lipinski definition) is 0. The third-order valence-corrected chi connectivity index (χ3v) is 5.82. The molecule has 0 unspecified atom stereocenters. The van der Waals surface area contributed by atoms with Crippen LogP contribution in [-0.4, -0.2) is 19.8 Å². The summed E-state index contributed by atoms with van der Waals surface area (Å²) in [7, 11) is 0. The monoisotopic (exact) mass is 368 g/mol. The molecular weight excluding hydrogens is 338 g/mol. The van der Waals surface area contributed by atoms with Crippen molar-refractivity contribution in [2.24, 2.45) is 17.8 Å². The van der Waals surface area contributed by atoms with Crippen LogP contribution in [0, 0.1) is 17.8 Å². The molecule has 2 fully saturated rings. The highest BCUT2D eigenvalue weighted by Crippen LogP contribution is 2.38. The summed E-state index contributed by atoms with van der Waals surface area (Å²) in [4.78, 5) is 0. The summed E-state index contributed by atoms with van der Waals surface area (Å²) >= 11 is 0. The van der Waals surface area contributed by atoms with E-state index < -0.39 is 12.9 Å². The maximum atomic E-state index is 12.2. The van der Waals surface area contributed by atoms with Gasteiger partial charge in [-0.2, -0.15) is 8.78 Å². The van der Waals surface area contributed by atoms with Gasteiger partial charge in [-0.3, -0.25) is 0 Å². The van der Waals surface area contributed by atoms with Crippen LogP contribution in [0.5, 0.6) is 5.75 Å². The Morgan fingerprint density at radius 2 is 1.65 bits per heavy atom. The van der Waals surface area contributed by atoms with Gasteiger partial charge in [0.15, 0.2) is 6.29 Å². The average molecular weight is 368 g/mol. The van der Waals surface area contributed by atoms with Gasteiger partial charge in [0.05, 0.1) is 13.2 Å². The zero-order valence-corrected chi connectivity index (χ0v) is 15.5. The van der Waals surface area contributed by atoms with Crippen molar-refractivity contribution < 1.29 is 23.0 Å². The molecule has 1 aromatic rings. The number of halogens is 2. The molecule has 1 saturated carbocycles. The van der Waals surface area contributed by atoms with Crippen molar-refractivity contribution in [3.05, 3.63) is 29.8 Å². The van der Waals surface area contributed by atoms with Crippen molar-refractivity contribution in [3.8, 4) is 5.75 Å². The van der Waals surface area contributed by atoms with Crippen LogP contribution in [0.4, 0.5) is 8.78 Å². The van der Waals surface area contributed by atoms with E-state index in [1.807, 2.05) is 0 Å². The highest BCUT2D eigenvalue weighted by atomic mass is 19.3. The van der Waals surface area contributed by atoms with Crippen LogP contribution in [0.2, 0.25) is 0 Å². The van der Waals surface area contributed by atoms with E-state index in [9.17, 15) is 8.78 Å². The maximum Gasteiger partial charge on any atom is 0.387 e. The lowest BCUT2D eigenvalue weighted by Crippen LogP contribution is -2.34. The second kappa shape index (κ2) is 9.65. The summed E-state index contributed by atoms with van der Waals surface area (Å²) in [6, 6.07) is 6.50. The SMILES string of the molecule is CCCC[C@H]1CC[C@H](C2COC(c3ccc(OC(F)F)cc3)OC2)CC1. The molecule has 0 spiro atoms. The first kappa shape index (κ1) is 19.6. The summed E-state index contributed by atoms with van der Waals surface area (Å²) in [6.07, 6.45) is 8.88. The molecule has 26 heavy (non-hydrogen) atoms. The third-order valence-electron chi connectivity index (χ3n) is 5.82. The highest BCUT2D eigenvalue weighted by molar-refractivity contribution is 5.28. The van der Waals surface area contributed by atoms with E-state index in [4.69, 9.17) is 9.47 Å². The predicted molar refractivity (Wildman–Crippen MR) is 96.2 cm³/mol. The molecule has 1 aromatic carbocycles. The van der Waals surface area contributed by atoms with E-state index in [1.165, 1.54) is 57.1 Å². The van der Waals surface area contributed by atoms with Gasteiger partial charge in [0.2, 0.25) is 0 Å². The Labute approximate surface area is 155 Å². The summed E-state index contributed by atoms with van der Waals surface area (Å²) in [5, 5.41) is 0. The van der Waals surface area contributed by atoms with Gasteiger partial charge in [0, 0.05) is 11.5 Å². The van der Waals surface area contributed by atoms with E-state index in [1.54, 1.807) is 12.1 Å². The molecule has 5 heteroatoms. The second-order valence-corrected chi connectivity index (χ2v) is 7.63. The van der Waals surface area contributed by atoms with Gasteiger partial charge in [0.25, 0.3) is 0 Å². The summed E-state index contributed by atoms with van der Waals surface area (Å²) in [5.74, 6) is 2.24. The Hall–Kier alpha value is -1.20. The quantitative estimate of drug-likeness (QED) is 0.595. The van der Waals surface area contributed by atoms with Crippen molar-refractivity contribution in [2.45, 2.75) is 64.8 Å². The first-order chi connectivity index (χ1) is 12.7. The fourth-order valence-corrected chi connectivity index (χ4v) is 4.23. The molecule has 0 N–H and O–H groups in total. The van der Waals surface area contributed by atoms with E-state index >= 15 is 0 Å². The second-order valence-electron chi connectivity index (χ2n) is 7.63. The summed E-state index contributed by atoms with van der Waals surface area (Å²) in [6.45, 7) is 0.882. The molecule has 0 bridgehead atoms. The fraction of sp³-hybridized carbons (Fsp3) is 0.714. The van der Waals surface area contributed by atoms with E-state index in [2.05, 4.69) is 11.7 Å². The number of rotatable bonds is 7. The zero-order chi connectivity index (χ0) is 18.4. The topological polar surface area (TPSA) is 27.7 Å². The Kier molecular flexibility index (Phi) is 7.26. The van der Waals surface area contributed by atoms with Gasteiger partial charge in [-0.15, -0.1) is 0 Å². The van der Waals surface area contributed by atoms with Crippen molar-refractivity contribution >= 4 is 0 Å². The van der Waals surface area contributed by atoms with Crippen LogP contribution < -0.4 is 4.74 Å². The predicted octanol–water partition coefficient (Wildman–Crippen LogP) is 5.95. The molecular formula is C21H30F2O3. The number of benzene rings is 1. The molecule has 0 radical (unpaired) electrons. The molecule has 1 aliphatic carbocycles. The lowest BCUT2D eigenvalue weighted by atomic mass is 9.75. The van der Waals surface area contributed by atoms with Crippen LogP contribution >= 0.6 is 0 Å². The lowest BCUT2D eigenvalue weighted by molar-refractivity contribution is -0.214. The van der Waals surface area contributed by atoms with Gasteiger partial charge in [-0.25, -0.2) is 0 Å². The number of unbranched alkanes of at least 4 members (excludes halogenated alkanes) is 1. The molecule has 0 aromatic heterocycles. The van der Waals surface area contributed by atoms with Crippen molar-refractivity contribution in [1.29, 1.82) is 0 Å². The smallest absolute Gasteiger partial charge is 0.387 e. The van der Waals surface area contributed by atoms with Crippen molar-refractivity contribution in [1.82, 2.24) is 0 Å². The number of ether oxygens (including phenoxy) is 3. The largest absolute Gasteiger partial charge is 0.435 e. The maximum absolute atomic E-state index is 12.2. The molecule has 3 rings (SSSR count). The summed E-state index contributed by atoms with van der Waals surface area (Å²) in [5.41, 5.74) is 0.841. The molecule has 3 nitrogen and oxygen atoms in total. The van der Waals surface area contributed by atoms with Crippen LogP contribution in [0.3, 0.4) is 0 Å². The standard InChI is InChI=1S/C21H30F2O3/c1-2-3-4-15-5-7-16(8-6-15)18-13-24-20(25-14-18)17-9-11-19(12-10-17)26-21(22)23/h9-12,15-16,18,20-21H,2-8,13-14H2,1H3/t15-,16-,18?,20?. The average Bonchev–Trinajstić information content (AvgIpc) is 2.67. The zero-order valence-electron chi connectivity index (χ0n) is 15.5. The van der Waals surface area contributed by atoms with Gasteiger partial charge in [-0.05, 0) is 36.8 Å². The number of alkyl halides is 2. The van der Waals surface area contributed by atoms with Gasteiger partial charge < -0.3 is 14.2 Å². The van der Waals surface area contributed by atoms with Gasteiger partial charge in [0.1, 0.15) is 5.75 Å². The Bertz CT molecular complexity index is 519. The lowest BCUT2D eigenvalue weighted by Gasteiger charge is -2.38. The minimum atomic E-state index is -2.80. The van der Waals surface area contributed by atoms with Gasteiger partial charge >= 0.3 is 6.61 Å². The van der Waals surface area contributed by atoms with E-state index in [-0.39, 0.29) is 5.75 Å². The highest BCUT2D eigenvalue weighted by Gasteiger charge is 2.32. The summed E-state index contributed by atoms with van der Waals surface area (Å²) < 4.78 is 40.7. The Morgan fingerprint density at radius 3 is 2.23 bits per heavy atom. The molecule has 1 saturated heterocycles. The normalized spacial score (nSPS) is 29.7. The Balaban J connectivity index is 1.43. The molecule has 146 valence electrons. The van der Waals surface area contributed by atoms with E-state index in [0.717, 1.165) is 11.5 Å². The minimum absolute atomic E-state index is 0.150. The fourth-order valence-electron chi connectivity index (χ4n) is 4.23. The molecule has 0 atom stereocenters. The van der Waals surface area contributed by atoms with Crippen LogP contribution in [0.25, 0.3) is 0 Å². The first-order valence-corrected chi connectivity index (χ1v) is 9.93. The van der Waals surface area contributed by atoms with E-state index in [0.29, 0.717) is 25.0 Å². The molecule has 1 heterocycles. The van der Waals surface area contributed by atoms with Crippen molar-refractivity contribution in [3.63, 3.8) is 0 Å².